The molecule has 15 heavy (non-hydrogen) atoms. The van der Waals surface area contributed by atoms with E-state index < -0.39 is 0 Å². The molecule has 0 aromatic rings. The number of hydrogen-bond acceptors (Lipinski definition) is 3. The molecule has 1 aliphatic heterocycles. The average Bonchev–Trinajstić information content (AvgIpc) is 2.31. The molecule has 0 aromatic heterocycles. The van der Waals surface area contributed by atoms with Crippen LogP contribution < -0.4 is 5.73 Å². The van der Waals surface area contributed by atoms with Crippen LogP contribution in [0.4, 0.5) is 0 Å². The monoisotopic (exact) mass is 217 g/mol. The highest BCUT2D eigenvalue weighted by atomic mass is 15.3. The lowest BCUT2D eigenvalue weighted by Crippen LogP contribution is -2.46. The summed E-state index contributed by atoms with van der Waals surface area (Å²) in [5.41, 5.74) is 5.48. The number of nitrogens with zero attached hydrogens (tertiary/aromatic N) is 2. The fourth-order valence-electron chi connectivity index (χ4n) is 1.87. The Morgan fingerprint density at radius 2 is 1.47 bits per heavy atom. The molecule has 0 amide bonds. The molecule has 0 bridgehead atoms. The van der Waals surface area contributed by atoms with Gasteiger partial charge in [-0.3, -0.25) is 0 Å². The van der Waals surface area contributed by atoms with Gasteiger partial charge in [-0.2, -0.15) is 0 Å². The lowest BCUT2D eigenvalue weighted by molar-refractivity contribution is 0.132. The summed E-state index contributed by atoms with van der Waals surface area (Å²) >= 11 is 0. The Kier molecular flexibility index (Phi) is 10.3. The van der Waals surface area contributed by atoms with Gasteiger partial charge in [0, 0.05) is 27.6 Å². The van der Waals surface area contributed by atoms with Gasteiger partial charge >= 0.3 is 0 Å². The predicted molar refractivity (Wildman–Crippen MR) is 70.3 cm³/mol. The van der Waals surface area contributed by atoms with Gasteiger partial charge in [-0.1, -0.05) is 20.8 Å². The minimum atomic E-state index is 0. The summed E-state index contributed by atoms with van der Waals surface area (Å²) in [7, 11) is 0. The standard InChI is InChI=1S/C10H23N3.C2H6.H2/c1-2-5-12-7-9-13(10-8-12)6-3-4-11;1-2;/h2-11H2,1H3;1-2H3;1H. The van der Waals surface area contributed by atoms with Crippen LogP contribution in [0, 0.1) is 0 Å². The van der Waals surface area contributed by atoms with Crippen LogP contribution in [0.1, 0.15) is 35.0 Å². The molecule has 0 saturated carbocycles. The van der Waals surface area contributed by atoms with Crippen LogP contribution in [0.15, 0.2) is 0 Å². The Balaban J connectivity index is 0. The lowest BCUT2D eigenvalue weighted by Gasteiger charge is -2.34. The SMILES string of the molecule is CC.CCCN1CCN(CCCN)CC1.[HH]. The fraction of sp³-hybridized carbons (Fsp3) is 1.00. The summed E-state index contributed by atoms with van der Waals surface area (Å²) < 4.78 is 0. The summed E-state index contributed by atoms with van der Waals surface area (Å²) in [6.45, 7) is 14.5. The molecule has 2 N–H and O–H groups in total. The normalized spacial score (nSPS) is 18.4. The highest BCUT2D eigenvalue weighted by Crippen LogP contribution is 2.02. The largest absolute Gasteiger partial charge is 0.330 e. The highest BCUT2D eigenvalue weighted by Gasteiger charge is 2.14. The van der Waals surface area contributed by atoms with Gasteiger partial charge in [-0.25, -0.2) is 0 Å². The summed E-state index contributed by atoms with van der Waals surface area (Å²) in [4.78, 5) is 5.08. The van der Waals surface area contributed by atoms with Gasteiger partial charge in [0.15, 0.2) is 0 Å². The molecule has 0 unspecified atom stereocenters. The topological polar surface area (TPSA) is 32.5 Å². The molecule has 0 aliphatic carbocycles. The van der Waals surface area contributed by atoms with Crippen LogP contribution in [0.25, 0.3) is 0 Å². The summed E-state index contributed by atoms with van der Waals surface area (Å²) in [6, 6.07) is 0. The van der Waals surface area contributed by atoms with Crippen molar-refractivity contribution in [2.24, 2.45) is 5.73 Å². The zero-order chi connectivity index (χ0) is 11.5. The van der Waals surface area contributed by atoms with Crippen molar-refractivity contribution in [1.29, 1.82) is 0 Å². The minimum Gasteiger partial charge on any atom is -0.330 e. The van der Waals surface area contributed by atoms with Crippen molar-refractivity contribution in [3.05, 3.63) is 0 Å². The van der Waals surface area contributed by atoms with Gasteiger partial charge in [0.25, 0.3) is 0 Å². The molecule has 94 valence electrons. The second kappa shape index (κ2) is 10.4. The van der Waals surface area contributed by atoms with Gasteiger partial charge in [-0.15, -0.1) is 0 Å². The van der Waals surface area contributed by atoms with Gasteiger partial charge in [0.2, 0.25) is 0 Å². The molecular weight excluding hydrogens is 186 g/mol. The van der Waals surface area contributed by atoms with E-state index in [4.69, 9.17) is 5.73 Å². The molecule has 1 rings (SSSR count). The first kappa shape index (κ1) is 14.9. The molecule has 3 heteroatoms. The van der Waals surface area contributed by atoms with E-state index >= 15 is 0 Å². The van der Waals surface area contributed by atoms with Crippen molar-refractivity contribution in [2.45, 2.75) is 33.6 Å². The van der Waals surface area contributed by atoms with Crippen molar-refractivity contribution in [3.8, 4) is 0 Å². The van der Waals surface area contributed by atoms with E-state index in [1.807, 2.05) is 13.8 Å². The molecule has 3 nitrogen and oxygen atoms in total. The second-order valence-corrected chi connectivity index (χ2v) is 3.83. The molecule has 0 atom stereocenters. The fourth-order valence-corrected chi connectivity index (χ4v) is 1.87. The molecule has 1 fully saturated rings. The van der Waals surface area contributed by atoms with E-state index in [-0.39, 0.29) is 1.43 Å². The van der Waals surface area contributed by atoms with E-state index in [9.17, 15) is 0 Å². The molecule has 0 radical (unpaired) electrons. The summed E-state index contributed by atoms with van der Waals surface area (Å²) in [6.07, 6.45) is 2.43. The van der Waals surface area contributed by atoms with Crippen molar-refractivity contribution >= 4 is 0 Å². The number of piperazine rings is 1. The van der Waals surface area contributed by atoms with Crippen LogP contribution in [-0.4, -0.2) is 55.6 Å². The van der Waals surface area contributed by atoms with Crippen LogP contribution in [-0.2, 0) is 0 Å². The zero-order valence-electron chi connectivity index (χ0n) is 10.8. The Morgan fingerprint density at radius 3 is 1.87 bits per heavy atom. The van der Waals surface area contributed by atoms with Gasteiger partial charge < -0.3 is 15.5 Å². The third kappa shape index (κ3) is 6.88. The van der Waals surface area contributed by atoms with Gasteiger partial charge in [0.05, 0.1) is 0 Å². The number of nitrogens with two attached hydrogens (primary N) is 1. The highest BCUT2D eigenvalue weighted by molar-refractivity contribution is 4.71. The first-order valence-electron chi connectivity index (χ1n) is 6.51. The van der Waals surface area contributed by atoms with Crippen molar-refractivity contribution in [1.82, 2.24) is 9.80 Å². The van der Waals surface area contributed by atoms with Crippen LogP contribution in [0.2, 0.25) is 0 Å². The maximum absolute atomic E-state index is 5.48. The van der Waals surface area contributed by atoms with Crippen LogP contribution in [0.3, 0.4) is 0 Å². The Hall–Kier alpha value is -0.120. The number of rotatable bonds is 5. The predicted octanol–water partition coefficient (Wildman–Crippen LogP) is 1.64. The summed E-state index contributed by atoms with van der Waals surface area (Å²) in [5, 5.41) is 0. The molecule has 0 spiro atoms. The van der Waals surface area contributed by atoms with E-state index in [1.54, 1.807) is 0 Å². The first-order chi connectivity index (χ1) is 7.36. The second-order valence-electron chi connectivity index (χ2n) is 3.83. The lowest BCUT2D eigenvalue weighted by atomic mass is 10.3. The van der Waals surface area contributed by atoms with Crippen molar-refractivity contribution in [2.75, 3.05) is 45.8 Å². The van der Waals surface area contributed by atoms with Crippen molar-refractivity contribution < 1.29 is 1.43 Å². The molecule has 0 aromatic carbocycles. The average molecular weight is 217 g/mol. The van der Waals surface area contributed by atoms with E-state index in [0.29, 0.717) is 0 Å². The van der Waals surface area contributed by atoms with Crippen molar-refractivity contribution in [3.63, 3.8) is 0 Å². The smallest absolute Gasteiger partial charge is 0.0110 e. The minimum absolute atomic E-state index is 0. The van der Waals surface area contributed by atoms with E-state index in [2.05, 4.69) is 16.7 Å². The maximum atomic E-state index is 5.48. The van der Waals surface area contributed by atoms with Gasteiger partial charge in [0.1, 0.15) is 0 Å². The number of hydrogen-bond donors (Lipinski definition) is 1. The third-order valence-corrected chi connectivity index (χ3v) is 2.68. The molecule has 1 saturated heterocycles. The van der Waals surface area contributed by atoms with E-state index in [0.717, 1.165) is 13.0 Å². The van der Waals surface area contributed by atoms with E-state index in [1.165, 1.54) is 45.7 Å². The maximum Gasteiger partial charge on any atom is 0.0110 e. The Bertz CT molecular complexity index is 125. The molecular formula is C12H31N3. The van der Waals surface area contributed by atoms with Crippen LogP contribution in [0.5, 0.6) is 0 Å². The zero-order valence-corrected chi connectivity index (χ0v) is 10.8. The Labute approximate surface area is 97.1 Å². The van der Waals surface area contributed by atoms with Crippen LogP contribution >= 0.6 is 0 Å². The first-order valence-corrected chi connectivity index (χ1v) is 6.51. The van der Waals surface area contributed by atoms with Gasteiger partial charge in [-0.05, 0) is 32.5 Å². The summed E-state index contributed by atoms with van der Waals surface area (Å²) in [5.74, 6) is 0. The quantitative estimate of drug-likeness (QED) is 0.760. The molecule has 1 aliphatic rings. The molecule has 1 heterocycles. The Morgan fingerprint density at radius 1 is 1.00 bits per heavy atom. The third-order valence-electron chi connectivity index (χ3n) is 2.68.